The second kappa shape index (κ2) is 11.7. The molecule has 2 aliphatic rings. The van der Waals surface area contributed by atoms with Gasteiger partial charge in [0.1, 0.15) is 5.75 Å². The topological polar surface area (TPSA) is 116 Å². The largest absolute Gasteiger partial charge is 0.494 e. The van der Waals surface area contributed by atoms with Crippen LogP contribution in [0.5, 0.6) is 5.75 Å². The van der Waals surface area contributed by atoms with Gasteiger partial charge in [-0.1, -0.05) is 0 Å². The Morgan fingerprint density at radius 3 is 2.18 bits per heavy atom. The number of benzene rings is 2. The van der Waals surface area contributed by atoms with E-state index in [0.717, 1.165) is 5.56 Å². The molecule has 4 rings (SSSR count). The van der Waals surface area contributed by atoms with Crippen molar-refractivity contribution in [1.29, 1.82) is 0 Å². The molecule has 208 valence electrons. The summed E-state index contributed by atoms with van der Waals surface area (Å²) in [6.45, 7) is 6.83. The van der Waals surface area contributed by atoms with Crippen molar-refractivity contribution in [2.24, 2.45) is 5.92 Å². The van der Waals surface area contributed by atoms with Crippen molar-refractivity contribution in [2.45, 2.75) is 36.5 Å². The van der Waals surface area contributed by atoms with Gasteiger partial charge >= 0.3 is 0 Å². The average molecular weight is 565 g/mol. The molecule has 0 aliphatic carbocycles. The van der Waals surface area contributed by atoms with Crippen molar-refractivity contribution in [3.05, 3.63) is 48.0 Å². The molecule has 2 heterocycles. The van der Waals surface area contributed by atoms with Gasteiger partial charge in [-0.05, 0) is 81.8 Å². The molecule has 1 atom stereocenters. The molecule has 2 saturated heterocycles. The summed E-state index contributed by atoms with van der Waals surface area (Å²) in [4.78, 5) is 15.5. The van der Waals surface area contributed by atoms with E-state index in [0.29, 0.717) is 63.6 Å². The Balaban J connectivity index is 1.40. The van der Waals surface area contributed by atoms with Gasteiger partial charge in [0.2, 0.25) is 26.0 Å². The Morgan fingerprint density at radius 2 is 1.55 bits per heavy atom. The van der Waals surface area contributed by atoms with Crippen molar-refractivity contribution in [1.82, 2.24) is 13.5 Å². The van der Waals surface area contributed by atoms with E-state index in [1.54, 1.807) is 31.2 Å². The van der Waals surface area contributed by atoms with Crippen LogP contribution in [0.1, 0.15) is 25.3 Å². The van der Waals surface area contributed by atoms with Crippen LogP contribution in [-0.4, -0.2) is 89.2 Å². The fourth-order valence-corrected chi connectivity index (χ4v) is 7.79. The van der Waals surface area contributed by atoms with Crippen LogP contribution in [-0.2, 0) is 24.8 Å². The number of piperazine rings is 1. The van der Waals surface area contributed by atoms with Crippen molar-refractivity contribution in [2.75, 3.05) is 58.2 Å². The number of hydrogen-bond donors (Lipinski definition) is 1. The summed E-state index contributed by atoms with van der Waals surface area (Å²) in [6.07, 6.45) is 1.13. The first-order chi connectivity index (χ1) is 18.0. The van der Waals surface area contributed by atoms with Crippen LogP contribution in [0.15, 0.2) is 52.3 Å². The molecule has 38 heavy (non-hydrogen) atoms. The zero-order valence-electron chi connectivity index (χ0n) is 22.1. The molecular formula is C26H36N4O6S2. The molecule has 2 fully saturated rings. The number of piperidine rings is 1. The Labute approximate surface area is 225 Å². The highest BCUT2D eigenvalue weighted by atomic mass is 32.2. The molecule has 0 radical (unpaired) electrons. The van der Waals surface area contributed by atoms with Gasteiger partial charge in [0.25, 0.3) is 0 Å². The third kappa shape index (κ3) is 6.20. The fraction of sp³-hybridized carbons (Fsp3) is 0.500. The van der Waals surface area contributed by atoms with Gasteiger partial charge in [-0.2, -0.15) is 8.61 Å². The zero-order chi connectivity index (χ0) is 27.5. The van der Waals surface area contributed by atoms with Gasteiger partial charge in [-0.25, -0.2) is 16.8 Å². The SMILES string of the molecule is CCOc1ccc(S(=O)(=O)N2CCC[C@@H](C(=O)Nc3ccc(S(=O)(=O)N4CCN(C)CC4)cc3)C2)cc1C. The second-order valence-corrected chi connectivity index (χ2v) is 13.7. The molecule has 0 spiro atoms. The number of nitrogens with zero attached hydrogens (tertiary/aromatic N) is 3. The summed E-state index contributed by atoms with van der Waals surface area (Å²) < 4.78 is 60.9. The molecule has 2 aromatic rings. The highest BCUT2D eigenvalue weighted by Crippen LogP contribution is 2.28. The van der Waals surface area contributed by atoms with Crippen LogP contribution in [0, 0.1) is 12.8 Å². The van der Waals surface area contributed by atoms with Crippen LogP contribution >= 0.6 is 0 Å². The number of hydrogen-bond acceptors (Lipinski definition) is 7. The lowest BCUT2D eigenvalue weighted by molar-refractivity contribution is -0.120. The second-order valence-electron chi connectivity index (χ2n) is 9.78. The highest BCUT2D eigenvalue weighted by Gasteiger charge is 2.34. The highest BCUT2D eigenvalue weighted by molar-refractivity contribution is 7.89. The molecule has 1 N–H and O–H groups in total. The van der Waals surface area contributed by atoms with Crippen LogP contribution in [0.4, 0.5) is 5.69 Å². The van der Waals surface area contributed by atoms with Crippen LogP contribution in [0.25, 0.3) is 0 Å². The van der Waals surface area contributed by atoms with E-state index in [9.17, 15) is 21.6 Å². The van der Waals surface area contributed by atoms with Gasteiger partial charge in [-0.15, -0.1) is 0 Å². The maximum absolute atomic E-state index is 13.3. The van der Waals surface area contributed by atoms with E-state index in [4.69, 9.17) is 4.74 Å². The molecule has 0 aromatic heterocycles. The van der Waals surface area contributed by atoms with Gasteiger partial charge in [0.05, 0.1) is 22.3 Å². The minimum absolute atomic E-state index is 0.0797. The predicted octanol–water partition coefficient (Wildman–Crippen LogP) is 2.37. The van der Waals surface area contributed by atoms with Crippen molar-refractivity contribution in [3.63, 3.8) is 0 Å². The maximum atomic E-state index is 13.3. The molecule has 0 saturated carbocycles. The van der Waals surface area contributed by atoms with Gasteiger partial charge < -0.3 is 15.0 Å². The third-order valence-electron chi connectivity index (χ3n) is 7.06. The summed E-state index contributed by atoms with van der Waals surface area (Å²) in [5.74, 6) is -0.164. The quantitative estimate of drug-likeness (QED) is 0.523. The number of nitrogens with one attached hydrogen (secondary N) is 1. The van der Waals surface area contributed by atoms with E-state index in [2.05, 4.69) is 10.2 Å². The van der Waals surface area contributed by atoms with E-state index in [1.165, 1.54) is 26.8 Å². The first kappa shape index (κ1) is 28.5. The Bertz CT molecular complexity index is 1350. The molecule has 0 bridgehead atoms. The summed E-state index contributed by atoms with van der Waals surface area (Å²) in [7, 11) is -5.40. The lowest BCUT2D eigenvalue weighted by atomic mass is 9.99. The monoisotopic (exact) mass is 564 g/mol. The molecule has 2 aliphatic heterocycles. The van der Waals surface area contributed by atoms with Crippen molar-refractivity contribution < 1.29 is 26.4 Å². The van der Waals surface area contributed by atoms with Crippen molar-refractivity contribution >= 4 is 31.6 Å². The van der Waals surface area contributed by atoms with Crippen LogP contribution < -0.4 is 10.1 Å². The normalized spacial score (nSPS) is 20.2. The smallest absolute Gasteiger partial charge is 0.243 e. The molecule has 10 nitrogen and oxygen atoms in total. The lowest BCUT2D eigenvalue weighted by Crippen LogP contribution is -2.47. The summed E-state index contributed by atoms with van der Waals surface area (Å²) >= 11 is 0. The third-order valence-corrected chi connectivity index (χ3v) is 10.8. The molecule has 12 heteroatoms. The Kier molecular flexibility index (Phi) is 8.78. The summed E-state index contributed by atoms with van der Waals surface area (Å²) in [5, 5.41) is 2.83. The van der Waals surface area contributed by atoms with Crippen LogP contribution in [0.2, 0.25) is 0 Å². The van der Waals surface area contributed by atoms with E-state index >= 15 is 0 Å². The number of likely N-dealkylation sites (N-methyl/N-ethyl adjacent to an activating group) is 1. The van der Waals surface area contributed by atoms with E-state index in [1.807, 2.05) is 14.0 Å². The summed E-state index contributed by atoms with van der Waals surface area (Å²) in [6, 6.07) is 10.9. The van der Waals surface area contributed by atoms with Crippen molar-refractivity contribution in [3.8, 4) is 5.75 Å². The number of amides is 1. The standard InChI is InChI=1S/C26H36N4O6S2/c1-4-36-25-12-11-24(18-20(25)2)38(34,35)30-13-5-6-21(19-30)26(31)27-22-7-9-23(10-8-22)37(32,33)29-16-14-28(3)15-17-29/h7-12,18,21H,4-6,13-17,19H2,1-3H3,(H,27,31)/t21-/m1/s1. The number of carbonyl (C=O) groups excluding carboxylic acids is 1. The molecule has 1 amide bonds. The summed E-state index contributed by atoms with van der Waals surface area (Å²) in [5.41, 5.74) is 1.20. The van der Waals surface area contributed by atoms with Crippen LogP contribution in [0.3, 0.4) is 0 Å². The van der Waals surface area contributed by atoms with E-state index in [-0.39, 0.29) is 22.2 Å². The number of ether oxygens (including phenoxy) is 1. The first-order valence-corrected chi connectivity index (χ1v) is 15.7. The Morgan fingerprint density at radius 1 is 0.921 bits per heavy atom. The zero-order valence-corrected chi connectivity index (χ0v) is 23.7. The minimum atomic E-state index is -3.77. The number of anilines is 1. The molecular weight excluding hydrogens is 528 g/mol. The number of rotatable bonds is 8. The number of aryl methyl sites for hydroxylation is 1. The van der Waals surface area contributed by atoms with Gasteiger partial charge in [0, 0.05) is 45.0 Å². The number of carbonyl (C=O) groups is 1. The van der Waals surface area contributed by atoms with E-state index < -0.39 is 26.0 Å². The minimum Gasteiger partial charge on any atom is -0.494 e. The fourth-order valence-electron chi connectivity index (χ4n) is 4.76. The number of sulfonamides is 2. The van der Waals surface area contributed by atoms with Gasteiger partial charge in [-0.3, -0.25) is 4.79 Å². The molecule has 0 unspecified atom stereocenters. The van der Waals surface area contributed by atoms with Gasteiger partial charge in [0.15, 0.2) is 0 Å². The first-order valence-electron chi connectivity index (χ1n) is 12.9. The maximum Gasteiger partial charge on any atom is 0.243 e. The Hall–Kier alpha value is -2.51. The molecule has 2 aromatic carbocycles. The lowest BCUT2D eigenvalue weighted by Gasteiger charge is -2.31. The average Bonchev–Trinajstić information content (AvgIpc) is 2.90. The predicted molar refractivity (Wildman–Crippen MR) is 145 cm³/mol.